The number of aliphatic hydroxyl groups excluding tert-OH is 1. The van der Waals surface area contributed by atoms with Crippen molar-refractivity contribution < 1.29 is 9.90 Å². The van der Waals surface area contributed by atoms with Gasteiger partial charge in [0.05, 0.1) is 12.6 Å². The number of nitrogens with one attached hydrogen (secondary N) is 2. The molecule has 1 unspecified atom stereocenters. The number of aromatic nitrogens is 1. The number of rotatable bonds is 4. The van der Waals surface area contributed by atoms with E-state index < -0.39 is 0 Å². The molecule has 0 fully saturated rings. The lowest BCUT2D eigenvalue weighted by Crippen LogP contribution is -2.31. The summed E-state index contributed by atoms with van der Waals surface area (Å²) in [6, 6.07) is 10.8. The monoisotopic (exact) mass is 244 g/mol. The van der Waals surface area contributed by atoms with Gasteiger partial charge in [-0.25, -0.2) is 0 Å². The highest BCUT2D eigenvalue weighted by molar-refractivity contribution is 5.92. The molecule has 0 aliphatic heterocycles. The third kappa shape index (κ3) is 2.78. The molecule has 2 aromatic rings. The number of aromatic amines is 1. The number of hydrogen-bond donors (Lipinski definition) is 3. The molecule has 4 nitrogen and oxygen atoms in total. The number of carbonyl (C=O) groups is 1. The second kappa shape index (κ2) is 5.51. The van der Waals surface area contributed by atoms with Gasteiger partial charge in [0.2, 0.25) is 0 Å². The van der Waals surface area contributed by atoms with Crippen LogP contribution in [0.3, 0.4) is 0 Å². The molecule has 0 radical (unpaired) electrons. The summed E-state index contributed by atoms with van der Waals surface area (Å²) in [5.74, 6) is -0.222. The van der Waals surface area contributed by atoms with Crippen molar-refractivity contribution in [2.75, 3.05) is 6.61 Å². The topological polar surface area (TPSA) is 65.1 Å². The standard InChI is InChI=1S/C14H16N2O2/c1-10-4-2-5-11(8-10)13(9-17)16-14(18)12-6-3-7-15-12/h2-8,13,15,17H,9H2,1H3,(H,16,18). The van der Waals surface area contributed by atoms with E-state index in [-0.39, 0.29) is 18.6 Å². The number of amides is 1. The van der Waals surface area contributed by atoms with Gasteiger partial charge in [0.25, 0.3) is 5.91 Å². The van der Waals surface area contributed by atoms with E-state index in [4.69, 9.17) is 0 Å². The summed E-state index contributed by atoms with van der Waals surface area (Å²) in [7, 11) is 0. The number of hydrogen-bond acceptors (Lipinski definition) is 2. The van der Waals surface area contributed by atoms with Crippen LogP contribution in [0.5, 0.6) is 0 Å². The van der Waals surface area contributed by atoms with E-state index in [0.717, 1.165) is 11.1 Å². The maximum atomic E-state index is 11.9. The first-order chi connectivity index (χ1) is 8.70. The molecule has 0 aliphatic rings. The van der Waals surface area contributed by atoms with Crippen LogP contribution >= 0.6 is 0 Å². The van der Waals surface area contributed by atoms with Crippen LogP contribution in [0.15, 0.2) is 42.6 Å². The highest BCUT2D eigenvalue weighted by Gasteiger charge is 2.15. The second-order valence-electron chi connectivity index (χ2n) is 4.21. The summed E-state index contributed by atoms with van der Waals surface area (Å²) < 4.78 is 0. The minimum Gasteiger partial charge on any atom is -0.394 e. The van der Waals surface area contributed by atoms with Gasteiger partial charge in [-0.15, -0.1) is 0 Å². The normalized spacial score (nSPS) is 12.1. The molecule has 94 valence electrons. The van der Waals surface area contributed by atoms with Gasteiger partial charge in [0.1, 0.15) is 5.69 Å². The maximum Gasteiger partial charge on any atom is 0.268 e. The van der Waals surface area contributed by atoms with E-state index in [9.17, 15) is 9.90 Å². The van der Waals surface area contributed by atoms with Crippen molar-refractivity contribution in [1.29, 1.82) is 0 Å². The van der Waals surface area contributed by atoms with Crippen LogP contribution in [-0.2, 0) is 0 Å². The van der Waals surface area contributed by atoms with Gasteiger partial charge in [-0.2, -0.15) is 0 Å². The van der Waals surface area contributed by atoms with Gasteiger partial charge in [-0.05, 0) is 24.6 Å². The van der Waals surface area contributed by atoms with Crippen molar-refractivity contribution in [3.8, 4) is 0 Å². The summed E-state index contributed by atoms with van der Waals surface area (Å²) in [6.45, 7) is 1.85. The molecule has 0 bridgehead atoms. The Balaban J connectivity index is 2.13. The fourth-order valence-electron chi connectivity index (χ4n) is 1.83. The molecule has 0 spiro atoms. The molecule has 0 aliphatic carbocycles. The van der Waals surface area contributed by atoms with Gasteiger partial charge in [0, 0.05) is 6.20 Å². The quantitative estimate of drug-likeness (QED) is 0.767. The SMILES string of the molecule is Cc1cccc(C(CO)NC(=O)c2ccc[nH]2)c1. The lowest BCUT2D eigenvalue weighted by Gasteiger charge is -2.16. The van der Waals surface area contributed by atoms with Gasteiger partial charge < -0.3 is 15.4 Å². The predicted octanol–water partition coefficient (Wildman–Crippen LogP) is 1.79. The Morgan fingerprint density at radius 2 is 2.22 bits per heavy atom. The maximum absolute atomic E-state index is 11.9. The van der Waals surface area contributed by atoms with Crippen LogP contribution < -0.4 is 5.32 Å². The average molecular weight is 244 g/mol. The number of H-pyrrole nitrogens is 1. The zero-order chi connectivity index (χ0) is 13.0. The molecular formula is C14H16N2O2. The van der Waals surface area contributed by atoms with Crippen LogP contribution in [0.4, 0.5) is 0 Å². The Morgan fingerprint density at radius 3 is 2.83 bits per heavy atom. The molecule has 18 heavy (non-hydrogen) atoms. The van der Waals surface area contributed by atoms with E-state index in [1.807, 2.05) is 31.2 Å². The highest BCUT2D eigenvalue weighted by atomic mass is 16.3. The number of aryl methyl sites for hydroxylation is 1. The van der Waals surface area contributed by atoms with Crippen molar-refractivity contribution in [3.05, 3.63) is 59.4 Å². The second-order valence-corrected chi connectivity index (χ2v) is 4.21. The number of aliphatic hydroxyl groups is 1. The molecule has 0 saturated carbocycles. The zero-order valence-corrected chi connectivity index (χ0v) is 10.2. The molecule has 0 saturated heterocycles. The smallest absolute Gasteiger partial charge is 0.268 e. The van der Waals surface area contributed by atoms with E-state index in [1.54, 1.807) is 18.3 Å². The van der Waals surface area contributed by atoms with Gasteiger partial charge >= 0.3 is 0 Å². The number of carbonyl (C=O) groups excluding carboxylic acids is 1. The summed E-state index contributed by atoms with van der Waals surface area (Å²) in [6.07, 6.45) is 1.69. The summed E-state index contributed by atoms with van der Waals surface area (Å²) in [4.78, 5) is 14.7. The van der Waals surface area contributed by atoms with Crippen LogP contribution in [-0.4, -0.2) is 22.6 Å². The lowest BCUT2D eigenvalue weighted by atomic mass is 10.0. The molecule has 2 rings (SSSR count). The Labute approximate surface area is 106 Å². The minimum absolute atomic E-state index is 0.129. The van der Waals surface area contributed by atoms with Gasteiger partial charge in [-0.1, -0.05) is 29.8 Å². The summed E-state index contributed by atoms with van der Waals surface area (Å²) >= 11 is 0. The van der Waals surface area contributed by atoms with E-state index in [2.05, 4.69) is 10.3 Å². The Hall–Kier alpha value is -2.07. The lowest BCUT2D eigenvalue weighted by molar-refractivity contribution is 0.0911. The molecule has 3 N–H and O–H groups in total. The Kier molecular flexibility index (Phi) is 3.79. The molecular weight excluding hydrogens is 228 g/mol. The molecule has 1 atom stereocenters. The van der Waals surface area contributed by atoms with Crippen molar-refractivity contribution in [3.63, 3.8) is 0 Å². The van der Waals surface area contributed by atoms with E-state index in [0.29, 0.717) is 5.69 Å². The molecule has 1 amide bonds. The molecule has 1 heterocycles. The van der Waals surface area contributed by atoms with E-state index in [1.165, 1.54) is 0 Å². The summed E-state index contributed by atoms with van der Waals surface area (Å²) in [5, 5.41) is 12.2. The molecule has 1 aromatic heterocycles. The predicted molar refractivity (Wildman–Crippen MR) is 69.3 cm³/mol. The average Bonchev–Trinajstić information content (AvgIpc) is 2.89. The van der Waals surface area contributed by atoms with Crippen molar-refractivity contribution in [2.24, 2.45) is 0 Å². The van der Waals surface area contributed by atoms with Gasteiger partial charge in [0.15, 0.2) is 0 Å². The Morgan fingerprint density at radius 1 is 1.39 bits per heavy atom. The molecule has 1 aromatic carbocycles. The minimum atomic E-state index is -0.388. The highest BCUT2D eigenvalue weighted by Crippen LogP contribution is 2.14. The van der Waals surface area contributed by atoms with Crippen molar-refractivity contribution >= 4 is 5.91 Å². The van der Waals surface area contributed by atoms with Crippen LogP contribution in [0.1, 0.15) is 27.7 Å². The zero-order valence-electron chi connectivity index (χ0n) is 10.2. The fourth-order valence-corrected chi connectivity index (χ4v) is 1.83. The van der Waals surface area contributed by atoms with Crippen LogP contribution in [0.25, 0.3) is 0 Å². The van der Waals surface area contributed by atoms with E-state index >= 15 is 0 Å². The largest absolute Gasteiger partial charge is 0.394 e. The van der Waals surface area contributed by atoms with Crippen molar-refractivity contribution in [2.45, 2.75) is 13.0 Å². The van der Waals surface area contributed by atoms with Crippen LogP contribution in [0.2, 0.25) is 0 Å². The van der Waals surface area contributed by atoms with Gasteiger partial charge in [-0.3, -0.25) is 4.79 Å². The first kappa shape index (κ1) is 12.4. The third-order valence-electron chi connectivity index (χ3n) is 2.77. The Bertz CT molecular complexity index is 520. The number of benzene rings is 1. The first-order valence-corrected chi connectivity index (χ1v) is 5.82. The van der Waals surface area contributed by atoms with Crippen molar-refractivity contribution in [1.82, 2.24) is 10.3 Å². The summed E-state index contributed by atoms with van der Waals surface area (Å²) in [5.41, 5.74) is 2.48. The third-order valence-corrected chi connectivity index (χ3v) is 2.77. The fraction of sp³-hybridized carbons (Fsp3) is 0.214. The molecule has 4 heteroatoms. The van der Waals surface area contributed by atoms with Crippen LogP contribution in [0, 0.1) is 6.92 Å². The first-order valence-electron chi connectivity index (χ1n) is 5.82.